The van der Waals surface area contributed by atoms with Crippen LogP contribution in [-0.2, 0) is 21.4 Å². The van der Waals surface area contributed by atoms with Gasteiger partial charge in [0.05, 0.1) is 0 Å². The van der Waals surface area contributed by atoms with Crippen molar-refractivity contribution in [3.63, 3.8) is 0 Å². The molecule has 2 rings (SSSR count). The summed E-state index contributed by atoms with van der Waals surface area (Å²) in [5.74, 6) is 0.361. The lowest BCUT2D eigenvalue weighted by Crippen LogP contribution is -2.51. The van der Waals surface area contributed by atoms with Gasteiger partial charge in [0.1, 0.15) is 11.8 Å². The molecule has 0 radical (unpaired) electrons. The second-order valence-corrected chi connectivity index (χ2v) is 9.35. The molecule has 2 unspecified atom stereocenters. The molecule has 2 atom stereocenters. The van der Waals surface area contributed by atoms with Crippen molar-refractivity contribution in [1.82, 2.24) is 10.2 Å². The molecule has 0 spiro atoms. The minimum Gasteiger partial charge on any atom is -0.483 e. The number of hydrogen-bond donors (Lipinski definition) is 1. The first-order valence-corrected chi connectivity index (χ1v) is 11.5. The van der Waals surface area contributed by atoms with E-state index in [1.807, 2.05) is 68.4 Å². The molecule has 0 aromatic heterocycles. The van der Waals surface area contributed by atoms with Crippen LogP contribution in [0.4, 0.5) is 0 Å². The Labute approximate surface area is 193 Å². The van der Waals surface area contributed by atoms with Crippen molar-refractivity contribution in [2.45, 2.75) is 71.9 Å². The summed E-state index contributed by atoms with van der Waals surface area (Å²) in [7, 11) is 0. The molecule has 0 aliphatic rings. The van der Waals surface area contributed by atoms with Crippen LogP contribution in [0.2, 0.25) is 0 Å². The summed E-state index contributed by atoms with van der Waals surface area (Å²) in [4.78, 5) is 27.6. The number of carbonyl (C=O) groups is 2. The Morgan fingerprint density at radius 2 is 1.62 bits per heavy atom. The van der Waals surface area contributed by atoms with Crippen molar-refractivity contribution in [1.29, 1.82) is 0 Å². The number of para-hydroxylation sites is 1. The lowest BCUT2D eigenvalue weighted by atomic mass is 9.86. The van der Waals surface area contributed by atoms with E-state index in [0.29, 0.717) is 18.7 Å². The maximum atomic E-state index is 13.2. The molecule has 2 aromatic carbocycles. The Hall–Kier alpha value is -2.82. The highest BCUT2D eigenvalue weighted by Gasteiger charge is 2.27. The van der Waals surface area contributed by atoms with Crippen LogP contribution in [0.25, 0.3) is 0 Å². The third kappa shape index (κ3) is 7.40. The first kappa shape index (κ1) is 25.4. The van der Waals surface area contributed by atoms with E-state index in [1.165, 1.54) is 0 Å². The molecule has 174 valence electrons. The molecule has 1 N–H and O–H groups in total. The zero-order valence-electron chi connectivity index (χ0n) is 20.4. The van der Waals surface area contributed by atoms with Crippen molar-refractivity contribution in [2.75, 3.05) is 13.2 Å². The minimum atomic E-state index is -0.582. The zero-order valence-corrected chi connectivity index (χ0v) is 20.4. The molecule has 0 heterocycles. The fourth-order valence-corrected chi connectivity index (χ4v) is 3.47. The highest BCUT2D eigenvalue weighted by molar-refractivity contribution is 5.88. The fraction of sp³-hybridized carbons (Fsp3) is 0.481. The summed E-state index contributed by atoms with van der Waals surface area (Å²) in [6.45, 7) is 12.5. The van der Waals surface area contributed by atoms with Crippen LogP contribution in [0.1, 0.15) is 59.1 Å². The number of nitrogens with one attached hydrogen (secondary N) is 1. The van der Waals surface area contributed by atoms with Crippen molar-refractivity contribution < 1.29 is 14.3 Å². The van der Waals surface area contributed by atoms with Gasteiger partial charge in [0.2, 0.25) is 5.91 Å². The summed E-state index contributed by atoms with van der Waals surface area (Å²) in [6.07, 6.45) is 1.51. The van der Waals surface area contributed by atoms with Gasteiger partial charge in [-0.3, -0.25) is 9.59 Å². The number of ether oxygens (including phenoxy) is 1. The number of amides is 2. The maximum absolute atomic E-state index is 13.2. The molecule has 2 amide bonds. The van der Waals surface area contributed by atoms with Crippen LogP contribution >= 0.6 is 0 Å². The Kier molecular flexibility index (Phi) is 9.30. The molecule has 0 fully saturated rings. The van der Waals surface area contributed by atoms with E-state index in [9.17, 15) is 9.59 Å². The first-order valence-electron chi connectivity index (χ1n) is 11.5. The van der Waals surface area contributed by atoms with E-state index in [-0.39, 0.29) is 29.9 Å². The molecular weight excluding hydrogens is 400 g/mol. The Morgan fingerprint density at radius 1 is 1.00 bits per heavy atom. The Morgan fingerprint density at radius 3 is 2.25 bits per heavy atom. The molecule has 5 nitrogen and oxygen atoms in total. The highest BCUT2D eigenvalue weighted by Crippen LogP contribution is 2.30. The third-order valence-electron chi connectivity index (χ3n) is 5.70. The van der Waals surface area contributed by atoms with E-state index in [0.717, 1.165) is 17.5 Å². The summed E-state index contributed by atoms with van der Waals surface area (Å²) in [6, 6.07) is 17.3. The van der Waals surface area contributed by atoms with Crippen molar-refractivity contribution in [2.24, 2.45) is 0 Å². The Bertz CT molecular complexity index is 874. The fourth-order valence-electron chi connectivity index (χ4n) is 3.47. The molecule has 2 aromatic rings. The van der Waals surface area contributed by atoms with Gasteiger partial charge >= 0.3 is 0 Å². The molecule has 0 saturated carbocycles. The molecule has 5 heteroatoms. The Balaban J connectivity index is 2.15. The highest BCUT2D eigenvalue weighted by atomic mass is 16.5. The molecule has 0 saturated heterocycles. The standard InChI is InChI=1S/C27H38N2O3/c1-7-20(2)28-26(31)21(3)29(18-17-22-13-9-8-10-14-22)25(30)19-32-24-16-12-11-15-23(24)27(4,5)6/h8-16,20-21H,7,17-19H2,1-6H3,(H,28,31). The van der Waals surface area contributed by atoms with Crippen LogP contribution in [0.15, 0.2) is 54.6 Å². The molecule has 0 bridgehead atoms. The van der Waals surface area contributed by atoms with Crippen LogP contribution in [0, 0.1) is 0 Å². The van der Waals surface area contributed by atoms with Crippen molar-refractivity contribution >= 4 is 11.8 Å². The van der Waals surface area contributed by atoms with Crippen molar-refractivity contribution in [3.8, 4) is 5.75 Å². The lowest BCUT2D eigenvalue weighted by molar-refractivity contribution is -0.141. The van der Waals surface area contributed by atoms with Crippen molar-refractivity contribution in [3.05, 3.63) is 65.7 Å². The van der Waals surface area contributed by atoms with E-state index in [1.54, 1.807) is 11.8 Å². The predicted molar refractivity (Wildman–Crippen MR) is 130 cm³/mol. The quantitative estimate of drug-likeness (QED) is 0.583. The second kappa shape index (κ2) is 11.7. The van der Waals surface area contributed by atoms with Gasteiger partial charge in [-0.25, -0.2) is 0 Å². The van der Waals surface area contributed by atoms with Crippen LogP contribution in [0.5, 0.6) is 5.75 Å². The SMILES string of the molecule is CCC(C)NC(=O)C(C)N(CCc1ccccc1)C(=O)COc1ccccc1C(C)(C)C. The first-order chi connectivity index (χ1) is 15.1. The summed E-state index contributed by atoms with van der Waals surface area (Å²) >= 11 is 0. The average Bonchev–Trinajstić information content (AvgIpc) is 2.77. The van der Waals surface area contributed by atoms with Gasteiger partial charge in [-0.15, -0.1) is 0 Å². The molecule has 32 heavy (non-hydrogen) atoms. The van der Waals surface area contributed by atoms with Crippen LogP contribution < -0.4 is 10.1 Å². The topological polar surface area (TPSA) is 58.6 Å². The summed E-state index contributed by atoms with van der Waals surface area (Å²) in [5, 5.41) is 2.99. The number of nitrogens with zero attached hydrogens (tertiary/aromatic N) is 1. The third-order valence-corrected chi connectivity index (χ3v) is 5.70. The van der Waals surface area contributed by atoms with Gasteiger partial charge in [-0.2, -0.15) is 0 Å². The van der Waals surface area contributed by atoms with E-state index in [4.69, 9.17) is 4.74 Å². The summed E-state index contributed by atoms with van der Waals surface area (Å²) < 4.78 is 5.97. The minimum absolute atomic E-state index is 0.0611. The number of carbonyl (C=O) groups excluding carboxylic acids is 2. The normalized spacial score (nSPS) is 13.2. The summed E-state index contributed by atoms with van der Waals surface area (Å²) in [5.41, 5.74) is 2.07. The van der Waals surface area contributed by atoms with Crippen LogP contribution in [-0.4, -0.2) is 41.9 Å². The van der Waals surface area contributed by atoms with Gasteiger partial charge in [0, 0.05) is 12.6 Å². The number of rotatable bonds is 10. The largest absolute Gasteiger partial charge is 0.483 e. The van der Waals surface area contributed by atoms with Gasteiger partial charge < -0.3 is 15.0 Å². The number of hydrogen-bond acceptors (Lipinski definition) is 3. The van der Waals surface area contributed by atoms with Gasteiger partial charge in [0.25, 0.3) is 5.91 Å². The maximum Gasteiger partial charge on any atom is 0.261 e. The predicted octanol–water partition coefficient (Wildman–Crippen LogP) is 4.74. The molecular formula is C27H38N2O3. The smallest absolute Gasteiger partial charge is 0.261 e. The second-order valence-electron chi connectivity index (χ2n) is 9.35. The monoisotopic (exact) mass is 438 g/mol. The zero-order chi connectivity index (χ0) is 23.7. The molecule has 0 aliphatic heterocycles. The van der Waals surface area contributed by atoms with Crippen LogP contribution in [0.3, 0.4) is 0 Å². The van der Waals surface area contributed by atoms with Gasteiger partial charge in [-0.05, 0) is 49.3 Å². The van der Waals surface area contributed by atoms with Gasteiger partial charge in [-0.1, -0.05) is 76.2 Å². The van der Waals surface area contributed by atoms with E-state index >= 15 is 0 Å². The molecule has 0 aliphatic carbocycles. The average molecular weight is 439 g/mol. The van der Waals surface area contributed by atoms with E-state index in [2.05, 4.69) is 26.1 Å². The van der Waals surface area contributed by atoms with Gasteiger partial charge in [0.15, 0.2) is 6.61 Å². The lowest BCUT2D eigenvalue weighted by Gasteiger charge is -2.30. The van der Waals surface area contributed by atoms with E-state index < -0.39 is 6.04 Å². The number of benzene rings is 2.